The predicted octanol–water partition coefficient (Wildman–Crippen LogP) is 8.65. The number of pyridine rings is 1. The van der Waals surface area contributed by atoms with Crippen LogP contribution in [0.1, 0.15) is 64.6 Å². The molecular weight excluding hydrogens is 508 g/mol. The number of hydrogen-bond donors (Lipinski definition) is 0. The maximum absolute atomic E-state index is 16.1. The van der Waals surface area contributed by atoms with Crippen molar-refractivity contribution >= 4 is 22.5 Å². The van der Waals surface area contributed by atoms with Gasteiger partial charge in [-0.2, -0.15) is 0 Å². The minimum atomic E-state index is -0.577. The number of hydrogen-bond acceptors (Lipinski definition) is 4. The molecule has 1 aliphatic carbocycles. The maximum Gasteiger partial charge on any atom is 0.167 e. The van der Waals surface area contributed by atoms with E-state index in [-0.39, 0.29) is 35.4 Å². The highest BCUT2D eigenvalue weighted by Crippen LogP contribution is 2.51. The van der Waals surface area contributed by atoms with Crippen LogP contribution in [0.2, 0.25) is 0 Å². The first-order valence-electron chi connectivity index (χ1n) is 13.4. The number of benzene rings is 3. The number of carbonyl (C=O) groups is 2. The zero-order valence-electron chi connectivity index (χ0n) is 22.3. The van der Waals surface area contributed by atoms with Crippen molar-refractivity contribution in [3.8, 4) is 22.5 Å². The lowest BCUT2D eigenvalue weighted by Crippen LogP contribution is -2.16. The summed E-state index contributed by atoms with van der Waals surface area (Å²) in [5.74, 6) is -1.01. The Bertz CT molecular complexity index is 1770. The molecule has 2 aromatic heterocycles. The van der Waals surface area contributed by atoms with E-state index in [0.717, 1.165) is 18.5 Å². The summed E-state index contributed by atoms with van der Waals surface area (Å²) in [4.78, 5) is 30.9. The molecular formula is C34H27F2NO3. The molecule has 0 aliphatic heterocycles. The average Bonchev–Trinajstić information content (AvgIpc) is 3.65. The number of aromatic nitrogens is 1. The Morgan fingerprint density at radius 1 is 0.925 bits per heavy atom. The van der Waals surface area contributed by atoms with Crippen LogP contribution in [0.5, 0.6) is 0 Å². The average molecular weight is 536 g/mol. The molecule has 0 amide bonds. The van der Waals surface area contributed by atoms with E-state index in [9.17, 15) is 14.0 Å². The first-order chi connectivity index (χ1) is 19.3. The van der Waals surface area contributed by atoms with Crippen LogP contribution in [0.3, 0.4) is 0 Å². The zero-order valence-corrected chi connectivity index (χ0v) is 22.3. The second-order valence-electron chi connectivity index (χ2n) is 10.5. The molecule has 6 heteroatoms. The number of fused-ring (bicyclic) bond motifs is 1. The Hall–Kier alpha value is -4.45. The second kappa shape index (κ2) is 9.94. The van der Waals surface area contributed by atoms with Gasteiger partial charge in [-0.25, -0.2) is 8.78 Å². The lowest BCUT2D eigenvalue weighted by Gasteiger charge is -2.16. The molecule has 200 valence electrons. The molecule has 0 radical (unpaired) electrons. The van der Waals surface area contributed by atoms with Crippen LogP contribution in [0.25, 0.3) is 33.4 Å². The van der Waals surface area contributed by atoms with Gasteiger partial charge in [-0.1, -0.05) is 25.1 Å². The van der Waals surface area contributed by atoms with Crippen molar-refractivity contribution in [2.75, 3.05) is 0 Å². The number of furan rings is 1. The number of halogens is 2. The van der Waals surface area contributed by atoms with Crippen LogP contribution < -0.4 is 0 Å². The first kappa shape index (κ1) is 25.8. The highest BCUT2D eigenvalue weighted by molar-refractivity contribution is 6.13. The maximum atomic E-state index is 16.1. The molecule has 4 nitrogen and oxygen atoms in total. The second-order valence-corrected chi connectivity index (χ2v) is 10.5. The van der Waals surface area contributed by atoms with Gasteiger partial charge < -0.3 is 4.42 Å². The fraction of sp³-hybridized carbons (Fsp3) is 0.206. The van der Waals surface area contributed by atoms with Gasteiger partial charge in [0.15, 0.2) is 11.6 Å². The number of ketones is 2. The fourth-order valence-electron chi connectivity index (χ4n) is 5.51. The fourth-order valence-corrected chi connectivity index (χ4v) is 5.51. The summed E-state index contributed by atoms with van der Waals surface area (Å²) in [6.45, 7) is 3.56. The molecule has 0 bridgehead atoms. The van der Waals surface area contributed by atoms with Crippen molar-refractivity contribution in [2.24, 2.45) is 0 Å². The van der Waals surface area contributed by atoms with Gasteiger partial charge >= 0.3 is 0 Å². The summed E-state index contributed by atoms with van der Waals surface area (Å²) < 4.78 is 35.8. The molecule has 5 aromatic rings. The number of nitrogens with zero attached hydrogens (tertiary/aromatic N) is 1. The third-order valence-electron chi connectivity index (χ3n) is 7.89. The van der Waals surface area contributed by atoms with E-state index in [1.807, 2.05) is 18.2 Å². The van der Waals surface area contributed by atoms with Gasteiger partial charge in [0.2, 0.25) is 0 Å². The van der Waals surface area contributed by atoms with Gasteiger partial charge in [-0.05, 0) is 85.5 Å². The predicted molar refractivity (Wildman–Crippen MR) is 150 cm³/mol. The van der Waals surface area contributed by atoms with E-state index < -0.39 is 11.6 Å². The number of rotatable bonds is 8. The Morgan fingerprint density at radius 2 is 1.68 bits per heavy atom. The minimum Gasteiger partial charge on any atom is -0.455 e. The van der Waals surface area contributed by atoms with Gasteiger partial charge in [0, 0.05) is 46.7 Å². The molecule has 1 fully saturated rings. The first-order valence-corrected chi connectivity index (χ1v) is 13.4. The molecule has 3 aromatic carbocycles. The standard InChI is InChI=1S/C34H27F2NO3/c1-3-26(38)31-25-18-22(10-14-28(25)40-33(31)21-8-11-23(35)12-9-21)30-20(2)7-13-24(32(30)36)27(39)19-34(15-16-34)29-6-4-5-17-37-29/h4-14,17-18H,3,15-16,19H2,1-2H3. The smallest absolute Gasteiger partial charge is 0.167 e. The highest BCUT2D eigenvalue weighted by atomic mass is 19.1. The Labute approximate surface area is 230 Å². The lowest BCUT2D eigenvalue weighted by molar-refractivity contribution is 0.0962. The molecule has 0 spiro atoms. The molecule has 2 heterocycles. The molecule has 0 atom stereocenters. The number of aryl methyl sites for hydroxylation is 1. The summed E-state index contributed by atoms with van der Waals surface area (Å²) in [7, 11) is 0. The summed E-state index contributed by atoms with van der Waals surface area (Å²) >= 11 is 0. The Balaban J connectivity index is 1.42. The van der Waals surface area contributed by atoms with E-state index in [1.54, 1.807) is 62.5 Å². The van der Waals surface area contributed by atoms with E-state index >= 15 is 4.39 Å². The van der Waals surface area contributed by atoms with Crippen LogP contribution in [-0.2, 0) is 5.41 Å². The van der Waals surface area contributed by atoms with E-state index in [4.69, 9.17) is 4.42 Å². The van der Waals surface area contributed by atoms with Crippen molar-refractivity contribution in [2.45, 2.75) is 44.9 Å². The summed E-state index contributed by atoms with van der Waals surface area (Å²) in [6.07, 6.45) is 3.84. The third kappa shape index (κ3) is 4.43. The third-order valence-corrected chi connectivity index (χ3v) is 7.89. The summed E-state index contributed by atoms with van der Waals surface area (Å²) in [5, 5.41) is 0.547. The molecule has 6 rings (SSSR count). The SMILES string of the molecule is CCC(=O)c1c(-c2ccc(F)cc2)oc2ccc(-c3c(C)ccc(C(=O)CC4(c5ccccn5)CC4)c3F)cc12. The van der Waals surface area contributed by atoms with E-state index in [0.29, 0.717) is 44.5 Å². The molecule has 0 N–H and O–H groups in total. The van der Waals surface area contributed by atoms with E-state index in [2.05, 4.69) is 4.98 Å². The van der Waals surface area contributed by atoms with Crippen LogP contribution in [-0.4, -0.2) is 16.6 Å². The van der Waals surface area contributed by atoms with Crippen LogP contribution in [0, 0.1) is 18.6 Å². The Kier molecular flexibility index (Phi) is 6.41. The quantitative estimate of drug-likeness (QED) is 0.187. The van der Waals surface area contributed by atoms with Crippen molar-refractivity contribution < 1.29 is 22.8 Å². The van der Waals surface area contributed by atoms with Gasteiger partial charge in [-0.3, -0.25) is 14.6 Å². The minimum absolute atomic E-state index is 0.0481. The molecule has 1 aliphatic rings. The van der Waals surface area contributed by atoms with Gasteiger partial charge in [0.1, 0.15) is 23.0 Å². The van der Waals surface area contributed by atoms with Crippen molar-refractivity contribution in [1.29, 1.82) is 0 Å². The largest absolute Gasteiger partial charge is 0.455 e. The highest BCUT2D eigenvalue weighted by Gasteiger charge is 2.47. The molecule has 0 unspecified atom stereocenters. The summed E-state index contributed by atoms with van der Waals surface area (Å²) in [6, 6.07) is 19.9. The van der Waals surface area contributed by atoms with Crippen LogP contribution in [0.15, 0.2) is 83.4 Å². The summed E-state index contributed by atoms with van der Waals surface area (Å²) in [5.41, 5.74) is 3.53. The molecule has 0 saturated heterocycles. The lowest BCUT2D eigenvalue weighted by atomic mass is 9.89. The topological polar surface area (TPSA) is 60.2 Å². The van der Waals surface area contributed by atoms with Crippen LogP contribution in [0.4, 0.5) is 8.78 Å². The van der Waals surface area contributed by atoms with Crippen molar-refractivity contribution in [3.63, 3.8) is 0 Å². The van der Waals surface area contributed by atoms with Crippen molar-refractivity contribution in [1.82, 2.24) is 4.98 Å². The van der Waals surface area contributed by atoms with Gasteiger partial charge in [0.05, 0.1) is 11.1 Å². The monoisotopic (exact) mass is 535 g/mol. The normalized spacial score (nSPS) is 13.9. The van der Waals surface area contributed by atoms with Gasteiger partial charge in [0.25, 0.3) is 0 Å². The Morgan fingerprint density at radius 3 is 2.35 bits per heavy atom. The van der Waals surface area contributed by atoms with Crippen LogP contribution >= 0.6 is 0 Å². The number of carbonyl (C=O) groups excluding carboxylic acids is 2. The van der Waals surface area contributed by atoms with Crippen molar-refractivity contribution in [3.05, 3.63) is 113 Å². The van der Waals surface area contributed by atoms with E-state index in [1.165, 1.54) is 12.1 Å². The number of Topliss-reactive ketones (excluding diaryl/α,β-unsaturated/α-hetero) is 2. The van der Waals surface area contributed by atoms with Gasteiger partial charge in [-0.15, -0.1) is 0 Å². The molecule has 1 saturated carbocycles. The molecule has 40 heavy (non-hydrogen) atoms. The zero-order chi connectivity index (χ0) is 28.0.